The van der Waals surface area contributed by atoms with Gasteiger partial charge in [0, 0.05) is 5.56 Å². The third kappa shape index (κ3) is 3.71. The second kappa shape index (κ2) is 7.47. The van der Waals surface area contributed by atoms with Crippen molar-refractivity contribution in [2.45, 2.75) is 19.4 Å². The lowest BCUT2D eigenvalue weighted by Gasteiger charge is -2.22. The van der Waals surface area contributed by atoms with Gasteiger partial charge in [-0.25, -0.2) is 8.78 Å². The van der Waals surface area contributed by atoms with Crippen molar-refractivity contribution in [2.24, 2.45) is 0 Å². The molecule has 21 heavy (non-hydrogen) atoms. The van der Waals surface area contributed by atoms with Crippen LogP contribution in [0.25, 0.3) is 0 Å². The summed E-state index contributed by atoms with van der Waals surface area (Å²) in [5.74, 6) is -0.687. The van der Waals surface area contributed by atoms with Crippen molar-refractivity contribution >= 4 is 31.9 Å². The summed E-state index contributed by atoms with van der Waals surface area (Å²) in [4.78, 5) is 0. The number of hydrogen-bond acceptors (Lipinski definition) is 1. The van der Waals surface area contributed by atoms with E-state index in [1.165, 1.54) is 6.07 Å². The van der Waals surface area contributed by atoms with Crippen molar-refractivity contribution in [3.05, 3.63) is 68.1 Å². The minimum Gasteiger partial charge on any atom is -0.306 e. The van der Waals surface area contributed by atoms with Gasteiger partial charge in [-0.1, -0.05) is 31.2 Å². The highest BCUT2D eigenvalue weighted by atomic mass is 79.9. The lowest BCUT2D eigenvalue weighted by Crippen LogP contribution is -2.24. The van der Waals surface area contributed by atoms with E-state index in [-0.39, 0.29) is 11.6 Å². The van der Waals surface area contributed by atoms with Gasteiger partial charge in [-0.15, -0.1) is 0 Å². The first-order chi connectivity index (χ1) is 10.1. The number of halogens is 4. The van der Waals surface area contributed by atoms with Crippen LogP contribution in [0.4, 0.5) is 8.78 Å². The molecule has 0 spiro atoms. The summed E-state index contributed by atoms with van der Waals surface area (Å²) in [6.45, 7) is 2.74. The van der Waals surface area contributed by atoms with E-state index >= 15 is 0 Å². The Labute approximate surface area is 140 Å². The zero-order valence-corrected chi connectivity index (χ0v) is 14.6. The fraction of sp³-hybridized carbons (Fsp3) is 0.250. The highest BCUT2D eigenvalue weighted by molar-refractivity contribution is 9.10. The molecular weight excluding hydrogens is 404 g/mol. The third-order valence-electron chi connectivity index (χ3n) is 3.18. The molecule has 0 fully saturated rings. The topological polar surface area (TPSA) is 12.0 Å². The summed E-state index contributed by atoms with van der Waals surface area (Å²) in [5.41, 5.74) is 1.17. The van der Waals surface area contributed by atoms with Crippen LogP contribution in [0.2, 0.25) is 0 Å². The van der Waals surface area contributed by atoms with Crippen LogP contribution in [0.15, 0.2) is 45.3 Å². The molecule has 2 aromatic rings. The van der Waals surface area contributed by atoms with E-state index in [0.29, 0.717) is 26.6 Å². The molecule has 0 radical (unpaired) electrons. The summed E-state index contributed by atoms with van der Waals surface area (Å²) >= 11 is 6.46. The van der Waals surface area contributed by atoms with E-state index in [4.69, 9.17) is 0 Å². The second-order valence-corrected chi connectivity index (χ2v) is 6.32. The molecule has 1 unspecified atom stereocenters. The van der Waals surface area contributed by atoms with Crippen LogP contribution in [0.1, 0.15) is 30.5 Å². The van der Waals surface area contributed by atoms with Crippen LogP contribution < -0.4 is 5.32 Å². The average molecular weight is 419 g/mol. The Bertz CT molecular complexity index is 580. The molecule has 0 amide bonds. The van der Waals surface area contributed by atoms with Gasteiger partial charge in [-0.2, -0.15) is 0 Å². The van der Waals surface area contributed by atoms with Crippen molar-refractivity contribution in [1.82, 2.24) is 5.32 Å². The predicted octanol–water partition coefficient (Wildman–Crippen LogP) is 5.58. The molecule has 0 aromatic heterocycles. The lowest BCUT2D eigenvalue weighted by molar-refractivity contribution is 0.537. The second-order valence-electron chi connectivity index (χ2n) is 4.67. The fourth-order valence-electron chi connectivity index (χ4n) is 2.16. The van der Waals surface area contributed by atoms with Crippen molar-refractivity contribution < 1.29 is 8.78 Å². The fourth-order valence-corrected chi connectivity index (χ4v) is 3.04. The molecule has 2 aromatic carbocycles. The van der Waals surface area contributed by atoms with E-state index in [0.717, 1.165) is 6.42 Å². The number of nitrogens with one attached hydrogen (secondary N) is 1. The average Bonchev–Trinajstić information content (AvgIpc) is 2.47. The normalized spacial score (nSPS) is 12.4. The van der Waals surface area contributed by atoms with E-state index in [9.17, 15) is 8.78 Å². The van der Waals surface area contributed by atoms with Crippen LogP contribution in [0.5, 0.6) is 0 Å². The molecule has 0 bridgehead atoms. The molecule has 0 saturated carbocycles. The minimum absolute atomic E-state index is 0.331. The van der Waals surface area contributed by atoms with Crippen LogP contribution in [-0.4, -0.2) is 6.54 Å². The highest BCUT2D eigenvalue weighted by Gasteiger charge is 2.22. The Kier molecular flexibility index (Phi) is 5.90. The maximum atomic E-state index is 14.4. The Morgan fingerprint density at radius 1 is 1.05 bits per heavy atom. The van der Waals surface area contributed by atoms with Crippen LogP contribution in [0, 0.1) is 11.6 Å². The summed E-state index contributed by atoms with van der Waals surface area (Å²) in [6.07, 6.45) is 0.902. The SMILES string of the molecule is CCCNC(c1cccc(Br)c1F)c1cccc(F)c1Br. The molecule has 2 rings (SSSR count). The maximum absolute atomic E-state index is 14.4. The highest BCUT2D eigenvalue weighted by Crippen LogP contribution is 2.33. The molecule has 5 heteroatoms. The summed E-state index contributed by atoms with van der Waals surface area (Å²) < 4.78 is 28.9. The molecule has 0 saturated heterocycles. The molecule has 0 aliphatic heterocycles. The summed E-state index contributed by atoms with van der Waals surface area (Å²) in [6, 6.07) is 9.53. The molecule has 0 heterocycles. The van der Waals surface area contributed by atoms with E-state index in [1.807, 2.05) is 6.92 Å². The predicted molar refractivity (Wildman–Crippen MR) is 88.3 cm³/mol. The third-order valence-corrected chi connectivity index (χ3v) is 4.63. The summed E-state index contributed by atoms with van der Waals surface area (Å²) in [7, 11) is 0. The molecule has 0 aliphatic rings. The first-order valence-corrected chi connectivity index (χ1v) is 8.26. The van der Waals surface area contributed by atoms with Gasteiger partial charge in [0.15, 0.2) is 0 Å². The monoisotopic (exact) mass is 417 g/mol. The van der Waals surface area contributed by atoms with Gasteiger partial charge in [0.1, 0.15) is 11.6 Å². The largest absolute Gasteiger partial charge is 0.306 e. The Hall–Kier alpha value is -0.780. The molecule has 0 aliphatic carbocycles. The quantitative estimate of drug-likeness (QED) is 0.668. The summed E-state index contributed by atoms with van der Waals surface area (Å²) in [5, 5.41) is 3.28. The van der Waals surface area contributed by atoms with Gasteiger partial charge in [0.05, 0.1) is 15.0 Å². The molecule has 1 nitrogen and oxygen atoms in total. The van der Waals surface area contributed by atoms with E-state index in [2.05, 4.69) is 37.2 Å². The molecule has 112 valence electrons. The van der Waals surface area contributed by atoms with Crippen LogP contribution in [-0.2, 0) is 0 Å². The first kappa shape index (κ1) is 16.6. The van der Waals surface area contributed by atoms with Gasteiger partial charge >= 0.3 is 0 Å². The van der Waals surface area contributed by atoms with Crippen LogP contribution in [0.3, 0.4) is 0 Å². The zero-order chi connectivity index (χ0) is 15.4. The van der Waals surface area contributed by atoms with Gasteiger partial charge in [0.25, 0.3) is 0 Å². The van der Waals surface area contributed by atoms with Crippen LogP contribution >= 0.6 is 31.9 Å². The van der Waals surface area contributed by atoms with Crippen molar-refractivity contribution in [2.75, 3.05) is 6.54 Å². The Morgan fingerprint density at radius 3 is 2.43 bits per heavy atom. The van der Waals surface area contributed by atoms with Crippen molar-refractivity contribution in [1.29, 1.82) is 0 Å². The zero-order valence-electron chi connectivity index (χ0n) is 11.5. The molecule has 1 atom stereocenters. The van der Waals surface area contributed by atoms with Crippen molar-refractivity contribution in [3.8, 4) is 0 Å². The van der Waals surface area contributed by atoms with E-state index in [1.54, 1.807) is 30.3 Å². The Balaban J connectivity index is 2.52. The maximum Gasteiger partial charge on any atom is 0.142 e. The lowest BCUT2D eigenvalue weighted by atomic mass is 9.98. The Morgan fingerprint density at radius 2 is 1.71 bits per heavy atom. The molecular formula is C16H15Br2F2N. The van der Waals surface area contributed by atoms with E-state index < -0.39 is 6.04 Å². The smallest absolute Gasteiger partial charge is 0.142 e. The van der Waals surface area contributed by atoms with Gasteiger partial charge in [-0.05, 0) is 62.5 Å². The molecule has 1 N–H and O–H groups in total. The van der Waals surface area contributed by atoms with Crippen molar-refractivity contribution in [3.63, 3.8) is 0 Å². The number of rotatable bonds is 5. The van der Waals surface area contributed by atoms with Gasteiger partial charge in [-0.3, -0.25) is 0 Å². The van der Waals surface area contributed by atoms with Gasteiger partial charge < -0.3 is 5.32 Å². The number of hydrogen-bond donors (Lipinski definition) is 1. The number of benzene rings is 2. The van der Waals surface area contributed by atoms with Gasteiger partial charge in [0.2, 0.25) is 0 Å². The standard InChI is InChI=1S/C16H15Br2F2N/c1-2-9-21-16(10-5-4-8-13(19)14(10)18)11-6-3-7-12(17)15(11)20/h3-8,16,21H,2,9H2,1H3. The minimum atomic E-state index is -0.410. The first-order valence-electron chi connectivity index (χ1n) is 6.67.